The number of hydrogen-bond donors (Lipinski definition) is 0. The zero-order chi connectivity index (χ0) is 10.8. The van der Waals surface area contributed by atoms with Crippen LogP contribution >= 0.6 is 0 Å². The minimum atomic E-state index is 0. The van der Waals surface area contributed by atoms with E-state index in [4.69, 9.17) is 0 Å². The maximum atomic E-state index is 3.05. The summed E-state index contributed by atoms with van der Waals surface area (Å²) in [6, 6.07) is 0. The zero-order valence-electron chi connectivity index (χ0n) is 10.9. The molecule has 2 rings (SSSR count). The van der Waals surface area contributed by atoms with Gasteiger partial charge in [-0.1, -0.05) is 0 Å². The summed E-state index contributed by atoms with van der Waals surface area (Å²) < 4.78 is 0. The van der Waals surface area contributed by atoms with Gasteiger partial charge in [0.1, 0.15) is 0 Å². The van der Waals surface area contributed by atoms with Crippen LogP contribution in [0.2, 0.25) is 0 Å². The first-order valence-electron chi connectivity index (χ1n) is 4.61. The molecule has 0 radical (unpaired) electrons. The Morgan fingerprint density at radius 3 is 1.31 bits per heavy atom. The van der Waals surface area contributed by atoms with Crippen LogP contribution in [0.15, 0.2) is 35.5 Å². The van der Waals surface area contributed by atoms with Crippen molar-refractivity contribution in [1.82, 2.24) is 0 Å². The third-order valence-electron chi connectivity index (χ3n) is 1.74. The Hall–Kier alpha value is 0.0600. The number of hydrogen-bond acceptors (Lipinski definition) is 0. The molecule has 0 amide bonds. The molecule has 0 bridgehead atoms. The van der Waals surface area contributed by atoms with Gasteiger partial charge in [0.15, 0.2) is 0 Å². The molecule has 0 spiro atoms. The molecule has 0 aliphatic heterocycles. The molecule has 90 valence electrons. The Balaban J connectivity index is -0.000000165. The molecule has 0 atom stereocenters. The van der Waals surface area contributed by atoms with Gasteiger partial charge in [-0.25, -0.2) is 23.3 Å². The van der Waals surface area contributed by atoms with Crippen molar-refractivity contribution in [3.05, 3.63) is 62.5 Å². The van der Waals surface area contributed by atoms with Crippen molar-refractivity contribution >= 4 is 6.88 Å². The third-order valence-corrected chi connectivity index (χ3v) is 1.74. The topological polar surface area (TPSA) is 0 Å². The molecule has 2 aliphatic carbocycles. The normalized spacial score (nSPS) is 14.1. The summed E-state index contributed by atoms with van der Waals surface area (Å²) in [5, 5.41) is 0. The van der Waals surface area contributed by atoms with E-state index in [0.29, 0.717) is 0 Å². The Bertz CT molecular complexity index is 239. The predicted octanol–water partition coefficient (Wildman–Crippen LogP) is 3.37. The fourth-order valence-corrected chi connectivity index (χ4v) is 0.998. The first-order valence-corrected chi connectivity index (χ1v) is 10.5. The molecule has 0 aromatic rings. The average molecular weight is 310 g/mol. The van der Waals surface area contributed by atoms with E-state index in [1.54, 1.807) is 23.3 Å². The van der Waals surface area contributed by atoms with Crippen molar-refractivity contribution in [3.63, 3.8) is 0 Å². The minimum absolute atomic E-state index is 0. The van der Waals surface area contributed by atoms with E-state index in [2.05, 4.69) is 38.2 Å². The fraction of sp³-hybridized carbons (Fsp3) is 0.286. The Kier molecular flexibility index (Phi) is 20.1. The average Bonchev–Trinajstić information content (AvgIpc) is 2.83. The molecule has 0 aromatic carbocycles. The standard InChI is InChI=1S/2C6H7.2CH3.H2Si.Zr/c2*1-6-4-2-3-5-6;;;;/h2*4-5H,2H2,1H3;2*1H3;1H2;/q4*-1;;. The summed E-state index contributed by atoms with van der Waals surface area (Å²) >= 11 is 1.58. The summed E-state index contributed by atoms with van der Waals surface area (Å²) in [6.07, 6.45) is 16.5. The van der Waals surface area contributed by atoms with E-state index in [-0.39, 0.29) is 14.9 Å². The molecular weight excluding hydrogens is 287 g/mol. The van der Waals surface area contributed by atoms with Crippen LogP contribution in [0, 0.1) is 27.0 Å². The van der Waals surface area contributed by atoms with Crippen LogP contribution < -0.4 is 0 Å². The molecule has 0 aromatic heterocycles. The van der Waals surface area contributed by atoms with Gasteiger partial charge in [0, 0.05) is 0 Å². The van der Waals surface area contributed by atoms with Gasteiger partial charge in [-0.2, -0.15) is 12.2 Å². The molecule has 0 nitrogen and oxygen atoms in total. The first kappa shape index (κ1) is 21.4. The number of rotatable bonds is 0. The Labute approximate surface area is 119 Å². The second kappa shape index (κ2) is 15.1. The van der Waals surface area contributed by atoms with Gasteiger partial charge in [-0.3, -0.25) is 12.2 Å². The van der Waals surface area contributed by atoms with Gasteiger partial charge in [-0.15, -0.1) is 26.7 Å². The van der Waals surface area contributed by atoms with E-state index < -0.39 is 0 Å². The SMILES string of the molecule is CC1=CC[C-]=C1.CC1=CC[C-]=C1.[CH3-].[CH3-].[SiH2]=[Zr]. The third kappa shape index (κ3) is 12.1. The van der Waals surface area contributed by atoms with Crippen molar-refractivity contribution in [2.45, 2.75) is 26.7 Å². The maximum absolute atomic E-state index is 3.05. The fourth-order valence-electron chi connectivity index (χ4n) is 0.998. The van der Waals surface area contributed by atoms with Crippen LogP contribution in [-0.4, -0.2) is 6.88 Å². The van der Waals surface area contributed by atoms with Crippen LogP contribution in [0.3, 0.4) is 0 Å². The Morgan fingerprint density at radius 1 is 0.938 bits per heavy atom. The molecule has 0 N–H and O–H groups in total. The molecule has 16 heavy (non-hydrogen) atoms. The summed E-state index contributed by atoms with van der Waals surface area (Å²) in [7, 11) is 0. The van der Waals surface area contributed by atoms with Crippen molar-refractivity contribution in [2.24, 2.45) is 0 Å². The van der Waals surface area contributed by atoms with Crippen molar-refractivity contribution in [1.29, 1.82) is 0 Å². The zero-order valence-corrected chi connectivity index (χ0v) is 14.8. The van der Waals surface area contributed by atoms with Crippen molar-refractivity contribution in [3.8, 4) is 0 Å². The van der Waals surface area contributed by atoms with Crippen LogP contribution in [0.5, 0.6) is 0 Å². The summed E-state index contributed by atoms with van der Waals surface area (Å²) in [5.41, 5.74) is 2.69. The van der Waals surface area contributed by atoms with Crippen LogP contribution in [-0.2, 0) is 23.3 Å². The quantitative estimate of drug-likeness (QED) is 0.475. The van der Waals surface area contributed by atoms with Crippen LogP contribution in [0.4, 0.5) is 0 Å². The summed E-state index contributed by atoms with van der Waals surface area (Å²) in [5.74, 6) is 0. The van der Waals surface area contributed by atoms with E-state index in [9.17, 15) is 0 Å². The van der Waals surface area contributed by atoms with Gasteiger partial charge in [-0.05, 0) is 0 Å². The van der Waals surface area contributed by atoms with Gasteiger partial charge >= 0.3 is 30.2 Å². The molecule has 0 heterocycles. The predicted molar refractivity (Wildman–Crippen MR) is 73.7 cm³/mol. The van der Waals surface area contributed by atoms with Crippen LogP contribution in [0.25, 0.3) is 0 Å². The van der Waals surface area contributed by atoms with Gasteiger partial charge in [0.25, 0.3) is 0 Å². The molecule has 0 fully saturated rings. The van der Waals surface area contributed by atoms with Gasteiger partial charge < -0.3 is 14.9 Å². The summed E-state index contributed by atoms with van der Waals surface area (Å²) in [4.78, 5) is 0. The van der Waals surface area contributed by atoms with Crippen LogP contribution in [0.1, 0.15) is 26.7 Å². The van der Waals surface area contributed by atoms with E-state index in [0.717, 1.165) is 12.8 Å². The second-order valence-electron chi connectivity index (χ2n) is 3.00. The molecule has 0 saturated heterocycles. The monoisotopic (exact) mass is 308 g/mol. The van der Waals surface area contributed by atoms with Gasteiger partial charge in [0.05, 0.1) is 0 Å². The van der Waals surface area contributed by atoms with E-state index in [1.807, 2.05) is 19.0 Å². The number of allylic oxidation sites excluding steroid dienone is 8. The Morgan fingerprint density at radius 2 is 1.25 bits per heavy atom. The molecule has 2 aliphatic rings. The van der Waals surface area contributed by atoms with Crippen molar-refractivity contribution in [2.75, 3.05) is 0 Å². The molecule has 2 heteroatoms. The summed E-state index contributed by atoms with van der Waals surface area (Å²) in [6.45, 7) is 6.12. The second-order valence-corrected chi connectivity index (χ2v) is 3.00. The van der Waals surface area contributed by atoms with E-state index >= 15 is 0 Å². The molecule has 0 unspecified atom stereocenters. The van der Waals surface area contributed by atoms with Gasteiger partial charge in [0.2, 0.25) is 0 Å². The first-order chi connectivity index (χ1) is 6.79. The molecule has 0 saturated carbocycles. The molecular formula is C14H22SiZr-4. The van der Waals surface area contributed by atoms with Crippen molar-refractivity contribution < 1.29 is 23.3 Å². The van der Waals surface area contributed by atoms with E-state index in [1.165, 1.54) is 11.1 Å².